The second kappa shape index (κ2) is 8.31. The van der Waals surface area contributed by atoms with Crippen LogP contribution < -0.4 is 5.32 Å². The molecule has 1 aliphatic rings. The molecule has 1 N–H and O–H groups in total. The van der Waals surface area contributed by atoms with E-state index in [1.807, 2.05) is 0 Å². The topological polar surface area (TPSA) is 75.7 Å². The summed E-state index contributed by atoms with van der Waals surface area (Å²) in [5, 5.41) is 2.47. The van der Waals surface area contributed by atoms with Crippen LogP contribution in [0.2, 0.25) is 0 Å². The summed E-state index contributed by atoms with van der Waals surface area (Å²) in [6.07, 6.45) is 1.96. The molecule has 0 radical (unpaired) electrons. The SMILES string of the molecule is CC1CCN(C(=O)COC(=O)CNC(=O)c2ccccc2)CC1. The highest BCUT2D eigenvalue weighted by Crippen LogP contribution is 2.15. The summed E-state index contributed by atoms with van der Waals surface area (Å²) < 4.78 is 4.93. The molecule has 0 aromatic heterocycles. The number of hydrogen-bond acceptors (Lipinski definition) is 4. The van der Waals surface area contributed by atoms with Gasteiger partial charge in [-0.1, -0.05) is 25.1 Å². The van der Waals surface area contributed by atoms with Gasteiger partial charge in [0.25, 0.3) is 11.8 Å². The molecule has 0 saturated carbocycles. The molecule has 2 rings (SSSR count). The Hall–Kier alpha value is -2.37. The molecule has 1 heterocycles. The summed E-state index contributed by atoms with van der Waals surface area (Å²) in [5.41, 5.74) is 0.471. The zero-order valence-electron chi connectivity index (χ0n) is 13.3. The summed E-state index contributed by atoms with van der Waals surface area (Å²) in [4.78, 5) is 37.0. The fourth-order valence-corrected chi connectivity index (χ4v) is 2.39. The molecule has 0 spiro atoms. The van der Waals surface area contributed by atoms with Crippen LogP contribution in [-0.2, 0) is 14.3 Å². The summed E-state index contributed by atoms with van der Waals surface area (Å²) in [6, 6.07) is 8.60. The molecule has 0 aliphatic carbocycles. The van der Waals surface area contributed by atoms with Crippen LogP contribution in [0.4, 0.5) is 0 Å². The normalized spacial score (nSPS) is 15.1. The monoisotopic (exact) mass is 318 g/mol. The predicted molar refractivity (Wildman–Crippen MR) is 84.7 cm³/mol. The summed E-state index contributed by atoms with van der Waals surface area (Å²) >= 11 is 0. The summed E-state index contributed by atoms with van der Waals surface area (Å²) in [6.45, 7) is 3.06. The molecule has 0 unspecified atom stereocenters. The number of rotatable bonds is 5. The van der Waals surface area contributed by atoms with E-state index in [1.54, 1.807) is 35.2 Å². The van der Waals surface area contributed by atoms with Gasteiger partial charge in [0.15, 0.2) is 6.61 Å². The number of benzene rings is 1. The Kier molecular flexibility index (Phi) is 6.14. The third-order valence-corrected chi connectivity index (χ3v) is 3.92. The third-order valence-electron chi connectivity index (χ3n) is 3.92. The second-order valence-electron chi connectivity index (χ2n) is 5.77. The van der Waals surface area contributed by atoms with Gasteiger partial charge in [0.05, 0.1) is 0 Å². The molecule has 1 aromatic rings. The van der Waals surface area contributed by atoms with Crippen molar-refractivity contribution in [2.24, 2.45) is 5.92 Å². The van der Waals surface area contributed by atoms with E-state index in [9.17, 15) is 14.4 Å². The van der Waals surface area contributed by atoms with Gasteiger partial charge in [-0.15, -0.1) is 0 Å². The number of hydrogen-bond donors (Lipinski definition) is 1. The van der Waals surface area contributed by atoms with Crippen molar-refractivity contribution in [1.29, 1.82) is 0 Å². The molecular formula is C17H22N2O4. The van der Waals surface area contributed by atoms with Crippen LogP contribution in [-0.4, -0.2) is 48.9 Å². The highest BCUT2D eigenvalue weighted by atomic mass is 16.5. The number of esters is 1. The van der Waals surface area contributed by atoms with Crippen molar-refractivity contribution in [1.82, 2.24) is 10.2 Å². The number of nitrogens with zero attached hydrogens (tertiary/aromatic N) is 1. The first-order chi connectivity index (χ1) is 11.1. The summed E-state index contributed by atoms with van der Waals surface area (Å²) in [7, 11) is 0. The van der Waals surface area contributed by atoms with E-state index in [1.165, 1.54) is 0 Å². The average Bonchev–Trinajstić information content (AvgIpc) is 2.59. The Balaban J connectivity index is 1.67. The van der Waals surface area contributed by atoms with E-state index >= 15 is 0 Å². The Morgan fingerprint density at radius 3 is 2.48 bits per heavy atom. The van der Waals surface area contributed by atoms with Crippen molar-refractivity contribution < 1.29 is 19.1 Å². The van der Waals surface area contributed by atoms with Gasteiger partial charge in [0.2, 0.25) is 0 Å². The lowest BCUT2D eigenvalue weighted by atomic mass is 9.99. The van der Waals surface area contributed by atoms with Gasteiger partial charge >= 0.3 is 5.97 Å². The molecule has 6 nitrogen and oxygen atoms in total. The van der Waals surface area contributed by atoms with Crippen molar-refractivity contribution in [2.45, 2.75) is 19.8 Å². The van der Waals surface area contributed by atoms with Gasteiger partial charge in [-0.3, -0.25) is 14.4 Å². The van der Waals surface area contributed by atoms with Crippen molar-refractivity contribution in [3.05, 3.63) is 35.9 Å². The lowest BCUT2D eigenvalue weighted by Crippen LogP contribution is -2.41. The second-order valence-corrected chi connectivity index (χ2v) is 5.77. The molecule has 2 amide bonds. The van der Waals surface area contributed by atoms with Gasteiger partial charge < -0.3 is 15.0 Å². The minimum Gasteiger partial charge on any atom is -0.454 e. The number of carbonyl (C=O) groups excluding carboxylic acids is 3. The molecular weight excluding hydrogens is 296 g/mol. The Labute approximate surface area is 135 Å². The fourth-order valence-electron chi connectivity index (χ4n) is 2.39. The molecule has 23 heavy (non-hydrogen) atoms. The highest BCUT2D eigenvalue weighted by molar-refractivity contribution is 5.96. The van der Waals surface area contributed by atoms with Gasteiger partial charge in [0, 0.05) is 18.7 Å². The largest absolute Gasteiger partial charge is 0.454 e. The first kappa shape index (κ1) is 17.0. The van der Waals surface area contributed by atoms with Gasteiger partial charge in [-0.25, -0.2) is 0 Å². The molecule has 0 atom stereocenters. The van der Waals surface area contributed by atoms with Crippen LogP contribution in [0.3, 0.4) is 0 Å². The van der Waals surface area contributed by atoms with Crippen molar-refractivity contribution in [3.63, 3.8) is 0 Å². The minimum atomic E-state index is -0.618. The first-order valence-corrected chi connectivity index (χ1v) is 7.83. The van der Waals surface area contributed by atoms with Gasteiger partial charge in [-0.2, -0.15) is 0 Å². The average molecular weight is 318 g/mol. The Morgan fingerprint density at radius 1 is 1.17 bits per heavy atom. The smallest absolute Gasteiger partial charge is 0.325 e. The fraction of sp³-hybridized carbons (Fsp3) is 0.471. The first-order valence-electron chi connectivity index (χ1n) is 7.83. The van der Waals surface area contributed by atoms with E-state index in [2.05, 4.69) is 12.2 Å². The number of carbonyl (C=O) groups is 3. The van der Waals surface area contributed by atoms with E-state index in [-0.39, 0.29) is 25.0 Å². The molecule has 1 fully saturated rings. The third kappa shape index (κ3) is 5.39. The number of nitrogens with one attached hydrogen (secondary N) is 1. The molecule has 1 aromatic carbocycles. The van der Waals surface area contributed by atoms with Crippen molar-refractivity contribution in [3.8, 4) is 0 Å². The lowest BCUT2D eigenvalue weighted by molar-refractivity contribution is -0.151. The summed E-state index contributed by atoms with van der Waals surface area (Å²) in [5.74, 6) is -0.513. The quantitative estimate of drug-likeness (QED) is 0.828. The van der Waals surface area contributed by atoms with Gasteiger partial charge in [-0.05, 0) is 30.9 Å². The van der Waals surface area contributed by atoms with Crippen LogP contribution in [0.15, 0.2) is 30.3 Å². The number of likely N-dealkylation sites (tertiary alicyclic amines) is 1. The lowest BCUT2D eigenvalue weighted by Gasteiger charge is -2.30. The van der Waals surface area contributed by atoms with Gasteiger partial charge in [0.1, 0.15) is 6.54 Å². The Bertz CT molecular complexity index is 551. The maximum absolute atomic E-state index is 11.9. The molecule has 1 aliphatic heterocycles. The maximum atomic E-state index is 11.9. The van der Waals surface area contributed by atoms with E-state index in [0.29, 0.717) is 24.6 Å². The minimum absolute atomic E-state index is 0.181. The Morgan fingerprint density at radius 2 is 1.83 bits per heavy atom. The zero-order chi connectivity index (χ0) is 16.7. The molecule has 1 saturated heterocycles. The van der Waals surface area contributed by atoms with Crippen molar-refractivity contribution >= 4 is 17.8 Å². The predicted octanol–water partition coefficient (Wildman–Crippen LogP) is 1.22. The molecule has 6 heteroatoms. The zero-order valence-corrected chi connectivity index (χ0v) is 13.3. The van der Waals surface area contributed by atoms with Crippen LogP contribution in [0, 0.1) is 5.92 Å². The number of ether oxygens (including phenoxy) is 1. The van der Waals surface area contributed by atoms with Crippen LogP contribution in [0.25, 0.3) is 0 Å². The van der Waals surface area contributed by atoms with Crippen LogP contribution in [0.1, 0.15) is 30.1 Å². The van der Waals surface area contributed by atoms with Crippen LogP contribution >= 0.6 is 0 Å². The number of piperidine rings is 1. The standard InChI is InChI=1S/C17H22N2O4/c1-13-7-9-19(10-8-13)15(20)12-23-16(21)11-18-17(22)14-5-3-2-4-6-14/h2-6,13H,7-12H2,1H3,(H,18,22). The van der Waals surface area contributed by atoms with E-state index < -0.39 is 5.97 Å². The molecule has 0 bridgehead atoms. The van der Waals surface area contributed by atoms with Crippen molar-refractivity contribution in [2.75, 3.05) is 26.2 Å². The van der Waals surface area contributed by atoms with Crippen LogP contribution in [0.5, 0.6) is 0 Å². The van der Waals surface area contributed by atoms with E-state index in [0.717, 1.165) is 12.8 Å². The van der Waals surface area contributed by atoms with E-state index in [4.69, 9.17) is 4.74 Å². The number of amides is 2. The molecule has 124 valence electrons. The maximum Gasteiger partial charge on any atom is 0.325 e. The highest BCUT2D eigenvalue weighted by Gasteiger charge is 2.21.